The third-order valence-corrected chi connectivity index (χ3v) is 4.34. The zero-order chi connectivity index (χ0) is 16.4. The number of methoxy groups -OCH3 is 1. The van der Waals surface area contributed by atoms with Crippen LogP contribution in [0.2, 0.25) is 5.02 Å². The summed E-state index contributed by atoms with van der Waals surface area (Å²) in [6.07, 6.45) is 0.829. The van der Waals surface area contributed by atoms with E-state index in [2.05, 4.69) is 20.9 Å². The van der Waals surface area contributed by atoms with Gasteiger partial charge in [0.15, 0.2) is 0 Å². The van der Waals surface area contributed by atoms with Crippen molar-refractivity contribution in [3.63, 3.8) is 0 Å². The monoisotopic (exact) mass is 338 g/mol. The van der Waals surface area contributed by atoms with Crippen LogP contribution >= 0.6 is 11.6 Å². The molecule has 2 heterocycles. The van der Waals surface area contributed by atoms with Crippen molar-refractivity contribution in [3.8, 4) is 5.75 Å². The average molecular weight is 339 g/mol. The highest BCUT2D eigenvalue weighted by Gasteiger charge is 2.31. The Morgan fingerprint density at radius 2 is 2.30 bits per heavy atom. The molecule has 2 unspecified atom stereocenters. The van der Waals surface area contributed by atoms with Gasteiger partial charge in [0.05, 0.1) is 12.8 Å². The first-order chi connectivity index (χ1) is 11.1. The molecule has 3 amide bonds. The van der Waals surface area contributed by atoms with Crippen molar-refractivity contribution in [1.29, 1.82) is 0 Å². The zero-order valence-electron chi connectivity index (χ0n) is 12.8. The molecule has 2 saturated heterocycles. The fourth-order valence-electron chi connectivity index (χ4n) is 2.92. The van der Waals surface area contributed by atoms with Gasteiger partial charge in [0.25, 0.3) is 0 Å². The van der Waals surface area contributed by atoms with Crippen LogP contribution in [0, 0.1) is 0 Å². The maximum Gasteiger partial charge on any atom is 0.315 e. The van der Waals surface area contributed by atoms with Crippen molar-refractivity contribution in [2.24, 2.45) is 0 Å². The van der Waals surface area contributed by atoms with Crippen molar-refractivity contribution in [2.75, 3.05) is 31.6 Å². The number of urea groups is 1. The summed E-state index contributed by atoms with van der Waals surface area (Å²) < 4.78 is 5.38. The highest BCUT2D eigenvalue weighted by molar-refractivity contribution is 6.30. The van der Waals surface area contributed by atoms with Gasteiger partial charge in [-0.05, 0) is 24.6 Å². The van der Waals surface area contributed by atoms with Crippen LogP contribution in [0.5, 0.6) is 5.75 Å². The lowest BCUT2D eigenvalue weighted by Crippen LogP contribution is -2.47. The first kappa shape index (κ1) is 15.7. The molecular formula is C15H19ClN4O3. The smallest absolute Gasteiger partial charge is 0.315 e. The second kappa shape index (κ2) is 6.54. The van der Waals surface area contributed by atoms with Gasteiger partial charge in [-0.25, -0.2) is 4.79 Å². The van der Waals surface area contributed by atoms with Gasteiger partial charge >= 0.3 is 6.03 Å². The third-order valence-electron chi connectivity index (χ3n) is 4.10. The molecule has 0 aliphatic carbocycles. The lowest BCUT2D eigenvalue weighted by Gasteiger charge is -2.22. The van der Waals surface area contributed by atoms with Crippen LogP contribution in [0.15, 0.2) is 18.2 Å². The van der Waals surface area contributed by atoms with E-state index in [0.717, 1.165) is 24.4 Å². The van der Waals surface area contributed by atoms with E-state index < -0.39 is 6.04 Å². The number of carbonyl (C=O) groups excluding carboxylic acids is 2. The van der Waals surface area contributed by atoms with Gasteiger partial charge < -0.3 is 25.6 Å². The number of halogens is 1. The summed E-state index contributed by atoms with van der Waals surface area (Å²) >= 11 is 6.07. The summed E-state index contributed by atoms with van der Waals surface area (Å²) in [5.41, 5.74) is 0.924. The fraction of sp³-hybridized carbons (Fsp3) is 0.467. The second-order valence-electron chi connectivity index (χ2n) is 5.66. The summed E-state index contributed by atoms with van der Waals surface area (Å²) in [6.45, 7) is 1.80. The Kier molecular flexibility index (Phi) is 4.47. The van der Waals surface area contributed by atoms with Crippen LogP contribution in [0.3, 0.4) is 0 Å². The van der Waals surface area contributed by atoms with Gasteiger partial charge in [0.2, 0.25) is 5.91 Å². The molecule has 124 valence electrons. The van der Waals surface area contributed by atoms with Crippen LogP contribution < -0.4 is 25.6 Å². The number of anilines is 1. The largest absolute Gasteiger partial charge is 0.495 e. The van der Waals surface area contributed by atoms with E-state index in [0.29, 0.717) is 18.1 Å². The number of hydrogen-bond acceptors (Lipinski definition) is 4. The Hall–Kier alpha value is -2.15. The third kappa shape index (κ3) is 3.44. The van der Waals surface area contributed by atoms with Crippen LogP contribution in [-0.2, 0) is 4.79 Å². The van der Waals surface area contributed by atoms with E-state index in [9.17, 15) is 9.59 Å². The minimum Gasteiger partial charge on any atom is -0.495 e. The average Bonchev–Trinajstić information content (AvgIpc) is 3.16. The molecule has 2 fully saturated rings. The SMILES string of the molecule is COc1ccc(Cl)cc1N1CCC(NC(=O)C2CNC(=O)N2)C1. The highest BCUT2D eigenvalue weighted by Crippen LogP contribution is 2.33. The van der Waals surface area contributed by atoms with E-state index in [4.69, 9.17) is 16.3 Å². The topological polar surface area (TPSA) is 82.7 Å². The number of benzene rings is 1. The van der Waals surface area contributed by atoms with Crippen LogP contribution in [0.25, 0.3) is 0 Å². The molecule has 1 aromatic rings. The van der Waals surface area contributed by atoms with E-state index in [1.165, 1.54) is 0 Å². The molecule has 8 heteroatoms. The molecule has 2 aliphatic heterocycles. The van der Waals surface area contributed by atoms with Gasteiger partial charge in [-0.1, -0.05) is 11.6 Å². The predicted octanol–water partition coefficient (Wildman–Crippen LogP) is 0.725. The number of nitrogens with zero attached hydrogens (tertiary/aromatic N) is 1. The molecule has 23 heavy (non-hydrogen) atoms. The molecule has 0 aromatic heterocycles. The minimum atomic E-state index is -0.503. The van der Waals surface area contributed by atoms with Gasteiger partial charge in [0.1, 0.15) is 11.8 Å². The Morgan fingerprint density at radius 3 is 3.00 bits per heavy atom. The zero-order valence-corrected chi connectivity index (χ0v) is 13.5. The molecule has 2 aliphatic rings. The molecule has 1 aromatic carbocycles. The number of ether oxygens (including phenoxy) is 1. The maximum absolute atomic E-state index is 12.1. The van der Waals surface area contributed by atoms with Crippen molar-refractivity contribution >= 4 is 29.2 Å². The number of amides is 3. The first-order valence-corrected chi connectivity index (χ1v) is 7.88. The number of carbonyl (C=O) groups is 2. The minimum absolute atomic E-state index is 0.0312. The Balaban J connectivity index is 1.61. The number of hydrogen-bond donors (Lipinski definition) is 3. The van der Waals surface area contributed by atoms with Crippen LogP contribution in [-0.4, -0.2) is 50.8 Å². The Bertz CT molecular complexity index is 625. The summed E-state index contributed by atoms with van der Waals surface area (Å²) in [7, 11) is 1.62. The second-order valence-corrected chi connectivity index (χ2v) is 6.10. The predicted molar refractivity (Wildman–Crippen MR) is 87.1 cm³/mol. The van der Waals surface area contributed by atoms with Crippen LogP contribution in [0.4, 0.5) is 10.5 Å². The summed E-state index contributed by atoms with van der Waals surface area (Å²) in [5.74, 6) is 0.599. The normalized spacial score (nSPS) is 23.4. The molecular weight excluding hydrogens is 320 g/mol. The van der Waals surface area contributed by atoms with Gasteiger partial charge in [-0.3, -0.25) is 4.79 Å². The van der Waals surface area contributed by atoms with Gasteiger partial charge in [-0.2, -0.15) is 0 Å². The fourth-order valence-corrected chi connectivity index (χ4v) is 3.09. The number of nitrogens with one attached hydrogen (secondary N) is 3. The molecule has 0 bridgehead atoms. The standard InChI is InChI=1S/C15H19ClN4O3/c1-23-13-3-2-9(16)6-12(13)20-5-4-10(8-20)18-14(21)11-7-17-15(22)19-11/h2-3,6,10-11H,4-5,7-8H2,1H3,(H,18,21)(H2,17,19,22). The summed E-state index contributed by atoms with van der Waals surface area (Å²) in [4.78, 5) is 25.4. The summed E-state index contributed by atoms with van der Waals surface area (Å²) in [5, 5.41) is 8.79. The van der Waals surface area contributed by atoms with Crippen molar-refractivity contribution in [3.05, 3.63) is 23.2 Å². The first-order valence-electron chi connectivity index (χ1n) is 7.50. The molecule has 3 rings (SSSR count). The molecule has 7 nitrogen and oxygen atoms in total. The molecule has 0 saturated carbocycles. The Morgan fingerprint density at radius 1 is 1.48 bits per heavy atom. The molecule has 0 radical (unpaired) electrons. The Labute approximate surface area is 139 Å². The summed E-state index contributed by atoms with van der Waals surface area (Å²) in [6, 6.07) is 4.71. The van der Waals surface area contributed by atoms with Crippen molar-refractivity contribution in [1.82, 2.24) is 16.0 Å². The highest BCUT2D eigenvalue weighted by atomic mass is 35.5. The van der Waals surface area contributed by atoms with Gasteiger partial charge in [0, 0.05) is 30.7 Å². The molecule has 0 spiro atoms. The van der Waals surface area contributed by atoms with E-state index in [-0.39, 0.29) is 18.0 Å². The molecule has 2 atom stereocenters. The maximum atomic E-state index is 12.1. The lowest BCUT2D eigenvalue weighted by molar-refractivity contribution is -0.123. The lowest BCUT2D eigenvalue weighted by atomic mass is 10.2. The van der Waals surface area contributed by atoms with Crippen molar-refractivity contribution < 1.29 is 14.3 Å². The molecule has 3 N–H and O–H groups in total. The van der Waals surface area contributed by atoms with E-state index in [1.807, 2.05) is 12.1 Å². The van der Waals surface area contributed by atoms with E-state index >= 15 is 0 Å². The van der Waals surface area contributed by atoms with Crippen LogP contribution in [0.1, 0.15) is 6.42 Å². The van der Waals surface area contributed by atoms with Crippen molar-refractivity contribution in [2.45, 2.75) is 18.5 Å². The van der Waals surface area contributed by atoms with Gasteiger partial charge in [-0.15, -0.1) is 0 Å². The van der Waals surface area contributed by atoms with E-state index in [1.54, 1.807) is 13.2 Å². The number of rotatable bonds is 4. The quantitative estimate of drug-likeness (QED) is 0.755.